The zero-order valence-electron chi connectivity index (χ0n) is 17.0. The molecule has 146 valence electrons. The Labute approximate surface area is 166 Å². The Morgan fingerprint density at radius 3 is 2.32 bits per heavy atom. The molecule has 0 fully saturated rings. The van der Waals surface area contributed by atoms with E-state index in [1.807, 2.05) is 36.4 Å². The van der Waals surface area contributed by atoms with Crippen LogP contribution in [0.15, 0.2) is 48.0 Å². The first-order valence-electron chi connectivity index (χ1n) is 9.00. The van der Waals surface area contributed by atoms with Gasteiger partial charge in [-0.3, -0.25) is 4.79 Å². The van der Waals surface area contributed by atoms with Gasteiger partial charge in [-0.15, -0.1) is 0 Å². The maximum Gasteiger partial charge on any atom is 0.262 e. The Hall–Kier alpha value is -3.26. The molecule has 0 aromatic heterocycles. The van der Waals surface area contributed by atoms with Gasteiger partial charge in [0.15, 0.2) is 0 Å². The molecule has 0 aliphatic carbocycles. The first kappa shape index (κ1) is 21.0. The van der Waals surface area contributed by atoms with E-state index in [0.717, 1.165) is 11.1 Å². The summed E-state index contributed by atoms with van der Waals surface area (Å²) in [6, 6.07) is 15.2. The molecule has 1 amide bonds. The number of nitrogens with one attached hydrogen (secondary N) is 1. The van der Waals surface area contributed by atoms with Gasteiger partial charge in [0.25, 0.3) is 5.91 Å². The largest absolute Gasteiger partial charge is 0.497 e. The average Bonchev–Trinajstić information content (AvgIpc) is 2.69. The molecule has 0 saturated heterocycles. The van der Waals surface area contributed by atoms with Crippen LogP contribution < -0.4 is 14.8 Å². The Balaban J connectivity index is 2.12. The summed E-state index contributed by atoms with van der Waals surface area (Å²) in [5.74, 6) is 0.850. The summed E-state index contributed by atoms with van der Waals surface area (Å²) in [5, 5.41) is 12.2. The summed E-state index contributed by atoms with van der Waals surface area (Å²) in [6.07, 6.45) is 1.59. The molecule has 5 heteroatoms. The lowest BCUT2D eigenvalue weighted by atomic mass is 9.86. The molecule has 2 rings (SSSR count). The van der Waals surface area contributed by atoms with Gasteiger partial charge in [-0.2, -0.15) is 5.26 Å². The average molecular weight is 378 g/mol. The molecule has 0 aliphatic rings. The van der Waals surface area contributed by atoms with Gasteiger partial charge in [-0.1, -0.05) is 45.0 Å². The van der Waals surface area contributed by atoms with E-state index in [0.29, 0.717) is 11.5 Å². The highest BCUT2D eigenvalue weighted by molar-refractivity contribution is 6.01. The van der Waals surface area contributed by atoms with Crippen molar-refractivity contribution in [1.82, 2.24) is 5.32 Å². The van der Waals surface area contributed by atoms with Crippen LogP contribution in [0.2, 0.25) is 0 Å². The fourth-order valence-corrected chi connectivity index (χ4v) is 2.66. The van der Waals surface area contributed by atoms with Crippen molar-refractivity contribution in [2.75, 3.05) is 14.2 Å². The molecular formula is C23H26N2O3. The van der Waals surface area contributed by atoms with E-state index >= 15 is 0 Å². The Morgan fingerprint density at radius 1 is 1.11 bits per heavy atom. The zero-order chi connectivity index (χ0) is 20.7. The van der Waals surface area contributed by atoms with Crippen molar-refractivity contribution in [2.24, 2.45) is 0 Å². The number of nitrogens with zero attached hydrogens (tertiary/aromatic N) is 1. The van der Waals surface area contributed by atoms with E-state index < -0.39 is 5.91 Å². The third kappa shape index (κ3) is 5.37. The number of ether oxygens (including phenoxy) is 2. The van der Waals surface area contributed by atoms with Crippen LogP contribution in [0.25, 0.3) is 6.08 Å². The number of hydrogen-bond donors (Lipinski definition) is 1. The molecule has 1 N–H and O–H groups in total. The lowest BCUT2D eigenvalue weighted by molar-refractivity contribution is -0.117. The summed E-state index contributed by atoms with van der Waals surface area (Å²) in [7, 11) is 3.14. The van der Waals surface area contributed by atoms with E-state index in [-0.39, 0.29) is 17.5 Å². The summed E-state index contributed by atoms with van der Waals surface area (Å²) >= 11 is 0. The number of methoxy groups -OCH3 is 2. The molecule has 0 atom stereocenters. The number of rotatable bonds is 6. The summed E-state index contributed by atoms with van der Waals surface area (Å²) in [5.41, 5.74) is 2.90. The molecular weight excluding hydrogens is 352 g/mol. The molecule has 0 unspecified atom stereocenters. The SMILES string of the molecule is COc1ccc(CNC(=O)/C(C#N)=C/c2ccc(C(C)(C)C)cc2)c(OC)c1. The smallest absolute Gasteiger partial charge is 0.262 e. The predicted molar refractivity (Wildman–Crippen MR) is 110 cm³/mol. The first-order chi connectivity index (χ1) is 13.3. The highest BCUT2D eigenvalue weighted by Crippen LogP contribution is 2.25. The second kappa shape index (κ2) is 9.09. The fraction of sp³-hybridized carbons (Fsp3) is 0.304. The van der Waals surface area contributed by atoms with Gasteiger partial charge >= 0.3 is 0 Å². The Kier molecular flexibility index (Phi) is 6.84. The van der Waals surface area contributed by atoms with Crippen molar-refractivity contribution in [3.05, 3.63) is 64.7 Å². The molecule has 0 bridgehead atoms. The van der Waals surface area contributed by atoms with Crippen LogP contribution in [0.5, 0.6) is 11.5 Å². The van der Waals surface area contributed by atoms with Gasteiger partial charge in [-0.25, -0.2) is 0 Å². The van der Waals surface area contributed by atoms with Crippen molar-refractivity contribution >= 4 is 12.0 Å². The maximum atomic E-state index is 12.4. The maximum absolute atomic E-state index is 12.4. The van der Waals surface area contributed by atoms with Crippen molar-refractivity contribution in [3.8, 4) is 17.6 Å². The second-order valence-electron chi connectivity index (χ2n) is 7.40. The molecule has 0 heterocycles. The number of benzene rings is 2. The third-order valence-electron chi connectivity index (χ3n) is 4.39. The van der Waals surface area contributed by atoms with Crippen LogP contribution >= 0.6 is 0 Å². The monoisotopic (exact) mass is 378 g/mol. The topological polar surface area (TPSA) is 71.3 Å². The standard InChI is InChI=1S/C23H26N2O3/c1-23(2,3)19-9-6-16(7-10-19)12-18(14-24)22(26)25-15-17-8-11-20(27-4)13-21(17)28-5/h6-13H,15H2,1-5H3,(H,25,26)/b18-12+. The molecule has 28 heavy (non-hydrogen) atoms. The van der Waals surface area contributed by atoms with Crippen LogP contribution in [0, 0.1) is 11.3 Å². The molecule has 2 aromatic carbocycles. The van der Waals surface area contributed by atoms with Crippen molar-refractivity contribution in [1.29, 1.82) is 5.26 Å². The highest BCUT2D eigenvalue weighted by Gasteiger charge is 2.14. The van der Waals surface area contributed by atoms with Crippen molar-refractivity contribution in [3.63, 3.8) is 0 Å². The van der Waals surface area contributed by atoms with E-state index in [2.05, 4.69) is 26.1 Å². The third-order valence-corrected chi connectivity index (χ3v) is 4.39. The predicted octanol–water partition coefficient (Wildman–Crippen LogP) is 4.22. The normalized spacial score (nSPS) is 11.5. The van der Waals surface area contributed by atoms with E-state index in [9.17, 15) is 10.1 Å². The zero-order valence-corrected chi connectivity index (χ0v) is 17.0. The molecule has 2 aromatic rings. The van der Waals surface area contributed by atoms with E-state index in [1.54, 1.807) is 32.4 Å². The summed E-state index contributed by atoms with van der Waals surface area (Å²) in [4.78, 5) is 12.4. The number of amides is 1. The van der Waals surface area contributed by atoms with Gasteiger partial charge in [0.2, 0.25) is 0 Å². The number of carbonyl (C=O) groups is 1. The van der Waals surface area contributed by atoms with Gasteiger partial charge < -0.3 is 14.8 Å². The first-order valence-corrected chi connectivity index (χ1v) is 9.00. The van der Waals surface area contributed by atoms with E-state index in [4.69, 9.17) is 9.47 Å². The summed E-state index contributed by atoms with van der Waals surface area (Å²) in [6.45, 7) is 6.66. The highest BCUT2D eigenvalue weighted by atomic mass is 16.5. The molecule has 0 radical (unpaired) electrons. The second-order valence-corrected chi connectivity index (χ2v) is 7.40. The van der Waals surface area contributed by atoms with Crippen LogP contribution in [0.1, 0.15) is 37.5 Å². The Morgan fingerprint density at radius 2 is 1.79 bits per heavy atom. The Bertz CT molecular complexity index is 901. The van der Waals surface area contributed by atoms with Crippen LogP contribution in [0.4, 0.5) is 0 Å². The molecule has 5 nitrogen and oxygen atoms in total. The lowest BCUT2D eigenvalue weighted by Gasteiger charge is -2.18. The fourth-order valence-electron chi connectivity index (χ4n) is 2.66. The summed E-state index contributed by atoms with van der Waals surface area (Å²) < 4.78 is 10.5. The van der Waals surface area contributed by atoms with Crippen molar-refractivity contribution < 1.29 is 14.3 Å². The van der Waals surface area contributed by atoms with Gasteiger partial charge in [0.1, 0.15) is 23.1 Å². The van der Waals surface area contributed by atoms with Crippen LogP contribution in [-0.2, 0) is 16.8 Å². The number of nitriles is 1. The van der Waals surface area contributed by atoms with Gasteiger partial charge in [-0.05, 0) is 34.8 Å². The van der Waals surface area contributed by atoms with Crippen LogP contribution in [-0.4, -0.2) is 20.1 Å². The van der Waals surface area contributed by atoms with Gasteiger partial charge in [0, 0.05) is 18.2 Å². The van der Waals surface area contributed by atoms with E-state index in [1.165, 1.54) is 5.56 Å². The number of carbonyl (C=O) groups excluding carboxylic acids is 1. The minimum atomic E-state index is -0.430. The molecule has 0 spiro atoms. The lowest BCUT2D eigenvalue weighted by Crippen LogP contribution is -2.24. The minimum Gasteiger partial charge on any atom is -0.497 e. The number of hydrogen-bond acceptors (Lipinski definition) is 4. The van der Waals surface area contributed by atoms with Gasteiger partial charge in [0.05, 0.1) is 14.2 Å². The van der Waals surface area contributed by atoms with Crippen LogP contribution in [0.3, 0.4) is 0 Å². The molecule has 0 aliphatic heterocycles. The minimum absolute atomic E-state index is 0.0507. The van der Waals surface area contributed by atoms with Crippen molar-refractivity contribution in [2.45, 2.75) is 32.7 Å². The quantitative estimate of drug-likeness (QED) is 0.603. The molecule has 0 saturated carbocycles.